The number of nitrogens with zero attached hydrogens (tertiary/aromatic N) is 4. The highest BCUT2D eigenvalue weighted by molar-refractivity contribution is 7.89. The average molecular weight is 485 g/mol. The molecule has 0 spiro atoms. The first-order chi connectivity index (χ1) is 16.2. The SMILES string of the molecule is Cc1ccc(S(=O)(=O)N2CCN(C(=O)CN3CCN(c4cccc(C)c4C)CC3)CC2)cc1C. The lowest BCUT2D eigenvalue weighted by molar-refractivity contribution is -0.133. The van der Waals surface area contributed by atoms with Crippen LogP contribution in [-0.2, 0) is 14.8 Å². The number of anilines is 1. The molecule has 0 N–H and O–H groups in total. The van der Waals surface area contributed by atoms with E-state index in [1.165, 1.54) is 21.1 Å². The van der Waals surface area contributed by atoms with E-state index in [2.05, 4.69) is 41.8 Å². The Kier molecular flexibility index (Phi) is 7.31. The molecule has 0 radical (unpaired) electrons. The number of rotatable bonds is 5. The monoisotopic (exact) mass is 484 g/mol. The average Bonchev–Trinajstić information content (AvgIpc) is 2.83. The lowest BCUT2D eigenvalue weighted by atomic mass is 10.1. The zero-order valence-corrected chi connectivity index (χ0v) is 21.6. The van der Waals surface area contributed by atoms with Crippen molar-refractivity contribution in [3.8, 4) is 0 Å². The Bertz CT molecular complexity index is 1150. The molecule has 0 atom stereocenters. The Balaban J connectivity index is 1.28. The number of hydrogen-bond donors (Lipinski definition) is 0. The van der Waals surface area contributed by atoms with Crippen molar-refractivity contribution >= 4 is 21.6 Å². The molecule has 2 aromatic rings. The lowest BCUT2D eigenvalue weighted by Crippen LogP contribution is -2.54. The van der Waals surface area contributed by atoms with Crippen molar-refractivity contribution in [2.45, 2.75) is 32.6 Å². The van der Waals surface area contributed by atoms with Crippen LogP contribution >= 0.6 is 0 Å². The molecule has 0 unspecified atom stereocenters. The summed E-state index contributed by atoms with van der Waals surface area (Å²) in [6.45, 7) is 13.6. The fourth-order valence-corrected chi connectivity index (χ4v) is 6.23. The summed E-state index contributed by atoms with van der Waals surface area (Å²) in [5, 5.41) is 0. The predicted octanol–water partition coefficient (Wildman–Crippen LogP) is 2.58. The maximum Gasteiger partial charge on any atom is 0.243 e. The first-order valence-corrected chi connectivity index (χ1v) is 13.5. The van der Waals surface area contributed by atoms with E-state index in [1.54, 1.807) is 12.1 Å². The Morgan fingerprint density at radius 3 is 2.12 bits per heavy atom. The first-order valence-electron chi connectivity index (χ1n) is 12.1. The van der Waals surface area contributed by atoms with Crippen LogP contribution in [0.4, 0.5) is 5.69 Å². The molecule has 0 bridgehead atoms. The Morgan fingerprint density at radius 2 is 1.47 bits per heavy atom. The summed E-state index contributed by atoms with van der Waals surface area (Å²) < 4.78 is 27.6. The van der Waals surface area contributed by atoms with Gasteiger partial charge in [-0.15, -0.1) is 0 Å². The van der Waals surface area contributed by atoms with Gasteiger partial charge in [0.2, 0.25) is 15.9 Å². The number of hydrogen-bond acceptors (Lipinski definition) is 5. The molecule has 1 amide bonds. The molecule has 0 aromatic heterocycles. The number of aryl methyl sites for hydroxylation is 3. The van der Waals surface area contributed by atoms with Crippen LogP contribution < -0.4 is 4.90 Å². The highest BCUT2D eigenvalue weighted by Crippen LogP contribution is 2.24. The quantitative estimate of drug-likeness (QED) is 0.653. The molecular weight excluding hydrogens is 448 g/mol. The molecule has 34 heavy (non-hydrogen) atoms. The molecule has 8 heteroatoms. The maximum atomic E-state index is 13.0. The number of piperazine rings is 2. The third kappa shape index (κ3) is 5.14. The second kappa shape index (κ2) is 10.1. The lowest BCUT2D eigenvalue weighted by Gasteiger charge is -2.38. The number of carbonyl (C=O) groups excluding carboxylic acids is 1. The number of carbonyl (C=O) groups is 1. The van der Waals surface area contributed by atoms with Crippen LogP contribution in [0.15, 0.2) is 41.3 Å². The molecule has 184 valence electrons. The highest BCUT2D eigenvalue weighted by Gasteiger charge is 2.31. The van der Waals surface area contributed by atoms with Gasteiger partial charge in [0, 0.05) is 58.0 Å². The fraction of sp³-hybridized carbons (Fsp3) is 0.500. The van der Waals surface area contributed by atoms with Gasteiger partial charge in [-0.25, -0.2) is 8.42 Å². The second-order valence-electron chi connectivity index (χ2n) is 9.51. The minimum absolute atomic E-state index is 0.0865. The number of amides is 1. The topological polar surface area (TPSA) is 64.2 Å². The second-order valence-corrected chi connectivity index (χ2v) is 11.5. The van der Waals surface area contributed by atoms with Crippen molar-refractivity contribution < 1.29 is 13.2 Å². The van der Waals surface area contributed by atoms with Crippen LogP contribution in [0.3, 0.4) is 0 Å². The smallest absolute Gasteiger partial charge is 0.243 e. The molecule has 7 nitrogen and oxygen atoms in total. The van der Waals surface area contributed by atoms with Crippen LogP contribution in [0.25, 0.3) is 0 Å². The van der Waals surface area contributed by atoms with Gasteiger partial charge < -0.3 is 9.80 Å². The molecule has 2 heterocycles. The van der Waals surface area contributed by atoms with E-state index in [9.17, 15) is 13.2 Å². The van der Waals surface area contributed by atoms with Gasteiger partial charge in [-0.1, -0.05) is 18.2 Å². The molecule has 0 aliphatic carbocycles. The van der Waals surface area contributed by atoms with Crippen molar-refractivity contribution in [2.75, 3.05) is 63.8 Å². The van der Waals surface area contributed by atoms with Gasteiger partial charge in [0.05, 0.1) is 11.4 Å². The summed E-state index contributed by atoms with van der Waals surface area (Å²) in [5.74, 6) is 0.0865. The normalized spacial score (nSPS) is 18.4. The first kappa shape index (κ1) is 24.7. The minimum Gasteiger partial charge on any atom is -0.369 e. The van der Waals surface area contributed by atoms with Crippen LogP contribution in [0.5, 0.6) is 0 Å². The molecule has 2 saturated heterocycles. The zero-order chi connectivity index (χ0) is 24.5. The number of benzene rings is 2. The third-order valence-corrected chi connectivity index (χ3v) is 9.25. The van der Waals surface area contributed by atoms with Gasteiger partial charge in [-0.3, -0.25) is 9.69 Å². The largest absolute Gasteiger partial charge is 0.369 e. The summed E-state index contributed by atoms with van der Waals surface area (Å²) in [6.07, 6.45) is 0. The van der Waals surface area contributed by atoms with E-state index < -0.39 is 10.0 Å². The van der Waals surface area contributed by atoms with E-state index in [4.69, 9.17) is 0 Å². The Morgan fingerprint density at radius 1 is 0.794 bits per heavy atom. The minimum atomic E-state index is -3.54. The van der Waals surface area contributed by atoms with Crippen LogP contribution in [-0.4, -0.2) is 87.3 Å². The fourth-order valence-electron chi connectivity index (χ4n) is 4.72. The summed E-state index contributed by atoms with van der Waals surface area (Å²) in [7, 11) is -3.54. The molecule has 2 aliphatic heterocycles. The van der Waals surface area contributed by atoms with E-state index >= 15 is 0 Å². The van der Waals surface area contributed by atoms with Crippen LogP contribution in [0.1, 0.15) is 22.3 Å². The van der Waals surface area contributed by atoms with E-state index in [1.807, 2.05) is 24.8 Å². The van der Waals surface area contributed by atoms with Crippen LogP contribution in [0, 0.1) is 27.7 Å². The Hall–Kier alpha value is -2.42. The number of sulfonamides is 1. The molecule has 4 rings (SSSR count). The van der Waals surface area contributed by atoms with E-state index in [0.29, 0.717) is 37.6 Å². The van der Waals surface area contributed by atoms with Gasteiger partial charge in [0.25, 0.3) is 0 Å². The van der Waals surface area contributed by atoms with Gasteiger partial charge >= 0.3 is 0 Å². The predicted molar refractivity (Wildman–Crippen MR) is 136 cm³/mol. The van der Waals surface area contributed by atoms with E-state index in [-0.39, 0.29) is 5.91 Å². The summed E-state index contributed by atoms with van der Waals surface area (Å²) in [5.41, 5.74) is 5.94. The standard InChI is InChI=1S/C26H36N4O3S/c1-20-8-9-24(18-22(20)3)34(32,33)30-16-14-29(15-17-30)26(31)19-27-10-12-28(13-11-27)25-7-5-6-21(2)23(25)4/h5-9,18H,10-17,19H2,1-4H3. The van der Waals surface area contributed by atoms with Gasteiger partial charge in [-0.2, -0.15) is 4.31 Å². The summed E-state index contributed by atoms with van der Waals surface area (Å²) in [4.78, 5) is 19.7. The van der Waals surface area contributed by atoms with E-state index in [0.717, 1.165) is 37.3 Å². The third-order valence-electron chi connectivity index (χ3n) is 7.36. The maximum absolute atomic E-state index is 13.0. The van der Waals surface area contributed by atoms with Crippen molar-refractivity contribution in [1.82, 2.24) is 14.1 Å². The molecule has 2 aromatic carbocycles. The van der Waals surface area contributed by atoms with Crippen molar-refractivity contribution in [2.24, 2.45) is 0 Å². The van der Waals surface area contributed by atoms with Crippen molar-refractivity contribution in [3.05, 3.63) is 58.7 Å². The van der Waals surface area contributed by atoms with Crippen molar-refractivity contribution in [1.29, 1.82) is 0 Å². The van der Waals surface area contributed by atoms with Gasteiger partial charge in [0.15, 0.2) is 0 Å². The van der Waals surface area contributed by atoms with Crippen LogP contribution in [0.2, 0.25) is 0 Å². The zero-order valence-electron chi connectivity index (χ0n) is 20.7. The van der Waals surface area contributed by atoms with Gasteiger partial charge in [0.1, 0.15) is 0 Å². The highest BCUT2D eigenvalue weighted by atomic mass is 32.2. The molecule has 2 aliphatic rings. The summed E-state index contributed by atoms with van der Waals surface area (Å²) in [6, 6.07) is 11.7. The van der Waals surface area contributed by atoms with Gasteiger partial charge in [-0.05, 0) is 68.1 Å². The Labute approximate surface area is 204 Å². The molecular formula is C26H36N4O3S. The summed E-state index contributed by atoms with van der Waals surface area (Å²) >= 11 is 0. The molecule has 2 fully saturated rings. The van der Waals surface area contributed by atoms with Crippen molar-refractivity contribution in [3.63, 3.8) is 0 Å². The molecule has 0 saturated carbocycles.